The number of primary amides is 1. The molecule has 0 radical (unpaired) electrons. The summed E-state index contributed by atoms with van der Waals surface area (Å²) < 4.78 is 5.88. The minimum Gasteiger partial charge on any atom is -0.508 e. The van der Waals surface area contributed by atoms with Gasteiger partial charge < -0.3 is 30.7 Å². The lowest BCUT2D eigenvalue weighted by Gasteiger charge is -2.27. The van der Waals surface area contributed by atoms with Gasteiger partial charge in [0.2, 0.25) is 17.7 Å². The van der Waals surface area contributed by atoms with Crippen LogP contribution in [0.1, 0.15) is 11.1 Å². The van der Waals surface area contributed by atoms with Gasteiger partial charge in [-0.15, -0.1) is 0 Å². The van der Waals surface area contributed by atoms with Crippen molar-refractivity contribution in [3.63, 3.8) is 0 Å². The molecule has 4 rings (SSSR count). The summed E-state index contributed by atoms with van der Waals surface area (Å²) in [4.78, 5) is 41.6. The third kappa shape index (κ3) is 10.0. The molecule has 4 aromatic rings. The number of aromatic hydroxyl groups is 1. The van der Waals surface area contributed by atoms with E-state index in [0.29, 0.717) is 36.6 Å². The summed E-state index contributed by atoms with van der Waals surface area (Å²) in [6, 6.07) is 32.8. The Bertz CT molecular complexity index is 1460. The number of amides is 3. The SMILES string of the molecule is NC(=O)CN(CCc1ccccc1)C(=O)CN(C(=O)CNCCc1ccc(O)cc1)c1ccc(Oc2ccccc2)cc1. The van der Waals surface area contributed by atoms with Gasteiger partial charge in [-0.3, -0.25) is 14.4 Å². The van der Waals surface area contributed by atoms with Crippen LogP contribution in [0.5, 0.6) is 17.2 Å². The molecule has 0 unspecified atom stereocenters. The standard InChI is InChI=1S/C34H36N4O5/c35-32(40)24-37(22-20-26-7-3-1-4-8-26)34(42)25-38(33(41)23-36-21-19-27-11-15-29(39)16-12-27)28-13-17-31(18-14-28)43-30-9-5-2-6-10-30/h1-18,36,39H,19-25H2,(H2,35,40). The zero-order valence-corrected chi connectivity index (χ0v) is 23.9. The fourth-order valence-corrected chi connectivity index (χ4v) is 4.45. The van der Waals surface area contributed by atoms with Crippen LogP contribution in [0.4, 0.5) is 5.69 Å². The number of ether oxygens (including phenoxy) is 1. The first kappa shape index (κ1) is 30.8. The molecule has 0 atom stereocenters. The Hall–Kier alpha value is -5.15. The van der Waals surface area contributed by atoms with Crippen molar-refractivity contribution in [3.05, 3.63) is 120 Å². The van der Waals surface area contributed by atoms with E-state index < -0.39 is 11.8 Å². The average molecular weight is 581 g/mol. The van der Waals surface area contributed by atoms with Gasteiger partial charge >= 0.3 is 0 Å². The normalized spacial score (nSPS) is 10.6. The van der Waals surface area contributed by atoms with E-state index in [0.717, 1.165) is 11.1 Å². The number of phenolic OH excluding ortho intramolecular Hbond substituents is 1. The van der Waals surface area contributed by atoms with Crippen molar-refractivity contribution in [3.8, 4) is 17.2 Å². The molecule has 0 heterocycles. The van der Waals surface area contributed by atoms with Crippen LogP contribution < -0.4 is 20.7 Å². The minimum absolute atomic E-state index is 0.00648. The van der Waals surface area contributed by atoms with E-state index in [4.69, 9.17) is 10.5 Å². The number of nitrogens with one attached hydrogen (secondary N) is 1. The summed E-state index contributed by atoms with van der Waals surface area (Å²) >= 11 is 0. The van der Waals surface area contributed by atoms with E-state index in [2.05, 4.69) is 5.32 Å². The van der Waals surface area contributed by atoms with Gasteiger partial charge in [-0.1, -0.05) is 60.7 Å². The molecule has 0 fully saturated rings. The molecule has 0 saturated carbocycles. The molecule has 4 aromatic carbocycles. The first-order chi connectivity index (χ1) is 20.9. The highest BCUT2D eigenvalue weighted by atomic mass is 16.5. The third-order valence-electron chi connectivity index (χ3n) is 6.74. The molecular weight excluding hydrogens is 544 g/mol. The van der Waals surface area contributed by atoms with Crippen LogP contribution in [-0.4, -0.2) is 60.5 Å². The predicted octanol–water partition coefficient (Wildman–Crippen LogP) is 3.91. The average Bonchev–Trinajstić information content (AvgIpc) is 3.02. The van der Waals surface area contributed by atoms with Gasteiger partial charge in [0, 0.05) is 12.2 Å². The van der Waals surface area contributed by atoms with Crippen molar-refractivity contribution in [1.82, 2.24) is 10.2 Å². The number of hydrogen-bond acceptors (Lipinski definition) is 6. The number of nitrogens with zero attached hydrogens (tertiary/aromatic N) is 2. The number of benzene rings is 4. The Morgan fingerprint density at radius 1 is 0.698 bits per heavy atom. The van der Waals surface area contributed by atoms with Gasteiger partial charge in [-0.25, -0.2) is 0 Å². The fourth-order valence-electron chi connectivity index (χ4n) is 4.45. The molecular formula is C34H36N4O5. The largest absolute Gasteiger partial charge is 0.508 e. The molecule has 222 valence electrons. The summed E-state index contributed by atoms with van der Waals surface area (Å²) in [5.41, 5.74) is 8.01. The van der Waals surface area contributed by atoms with E-state index in [1.165, 1.54) is 9.80 Å². The number of hydrogen-bond donors (Lipinski definition) is 3. The third-order valence-corrected chi connectivity index (χ3v) is 6.74. The summed E-state index contributed by atoms with van der Waals surface area (Å²) in [6.07, 6.45) is 1.20. The van der Waals surface area contributed by atoms with Gasteiger partial charge in [0.1, 0.15) is 23.8 Å². The Kier molecular flexibility index (Phi) is 11.3. The molecule has 0 aromatic heterocycles. The molecule has 0 spiro atoms. The second-order valence-electron chi connectivity index (χ2n) is 10.00. The smallest absolute Gasteiger partial charge is 0.243 e. The fraction of sp³-hybridized carbons (Fsp3) is 0.206. The van der Waals surface area contributed by atoms with Crippen LogP contribution in [0.2, 0.25) is 0 Å². The highest BCUT2D eigenvalue weighted by molar-refractivity contribution is 6.00. The quantitative estimate of drug-likeness (QED) is 0.183. The number of phenols is 1. The Morgan fingerprint density at radius 3 is 1.95 bits per heavy atom. The predicted molar refractivity (Wildman–Crippen MR) is 166 cm³/mol. The maximum atomic E-state index is 13.5. The molecule has 43 heavy (non-hydrogen) atoms. The van der Waals surface area contributed by atoms with Crippen molar-refractivity contribution >= 4 is 23.4 Å². The molecule has 0 aliphatic heterocycles. The van der Waals surface area contributed by atoms with Gasteiger partial charge in [0.25, 0.3) is 0 Å². The second kappa shape index (κ2) is 15.7. The highest BCUT2D eigenvalue weighted by Crippen LogP contribution is 2.24. The molecule has 9 nitrogen and oxygen atoms in total. The van der Waals surface area contributed by atoms with Crippen LogP contribution in [-0.2, 0) is 27.2 Å². The molecule has 4 N–H and O–H groups in total. The first-order valence-electron chi connectivity index (χ1n) is 14.1. The zero-order chi connectivity index (χ0) is 30.4. The van der Waals surface area contributed by atoms with Gasteiger partial charge in [0.05, 0.1) is 13.1 Å². The lowest BCUT2D eigenvalue weighted by molar-refractivity contribution is -0.134. The number of para-hydroxylation sites is 1. The van der Waals surface area contributed by atoms with E-state index >= 15 is 0 Å². The summed E-state index contributed by atoms with van der Waals surface area (Å²) in [5.74, 6) is 0.129. The van der Waals surface area contributed by atoms with Gasteiger partial charge in [0.15, 0.2) is 0 Å². The van der Waals surface area contributed by atoms with Crippen molar-refractivity contribution in [1.29, 1.82) is 0 Å². The molecule has 3 amide bonds. The second-order valence-corrected chi connectivity index (χ2v) is 10.00. The van der Waals surface area contributed by atoms with Crippen molar-refractivity contribution in [2.24, 2.45) is 5.73 Å². The van der Waals surface area contributed by atoms with Crippen molar-refractivity contribution < 1.29 is 24.2 Å². The van der Waals surface area contributed by atoms with E-state index in [1.807, 2.05) is 72.8 Å². The van der Waals surface area contributed by atoms with E-state index in [9.17, 15) is 19.5 Å². The Morgan fingerprint density at radius 2 is 1.30 bits per heavy atom. The number of carbonyl (C=O) groups excluding carboxylic acids is 3. The monoisotopic (exact) mass is 580 g/mol. The maximum absolute atomic E-state index is 13.5. The van der Waals surface area contributed by atoms with E-state index in [1.54, 1.807) is 36.4 Å². The molecule has 9 heteroatoms. The molecule has 0 aliphatic rings. The molecule has 0 bridgehead atoms. The number of anilines is 1. The van der Waals surface area contributed by atoms with Gasteiger partial charge in [-0.05, 0) is 79.0 Å². The topological polar surface area (TPSA) is 125 Å². The lowest BCUT2D eigenvalue weighted by atomic mass is 10.1. The van der Waals surface area contributed by atoms with Crippen molar-refractivity contribution in [2.75, 3.05) is 37.6 Å². The lowest BCUT2D eigenvalue weighted by Crippen LogP contribution is -2.48. The van der Waals surface area contributed by atoms with Crippen LogP contribution in [0, 0.1) is 0 Å². The molecule has 0 saturated heterocycles. The summed E-state index contributed by atoms with van der Waals surface area (Å²) in [7, 11) is 0. The summed E-state index contributed by atoms with van der Waals surface area (Å²) in [6.45, 7) is 0.283. The van der Waals surface area contributed by atoms with Gasteiger partial charge in [-0.2, -0.15) is 0 Å². The van der Waals surface area contributed by atoms with E-state index in [-0.39, 0.29) is 37.8 Å². The van der Waals surface area contributed by atoms with Crippen LogP contribution in [0.25, 0.3) is 0 Å². The zero-order valence-electron chi connectivity index (χ0n) is 23.9. The Balaban J connectivity index is 1.46. The highest BCUT2D eigenvalue weighted by Gasteiger charge is 2.24. The maximum Gasteiger partial charge on any atom is 0.243 e. The number of nitrogens with two attached hydrogens (primary N) is 1. The summed E-state index contributed by atoms with van der Waals surface area (Å²) in [5, 5.41) is 12.6. The number of carbonyl (C=O) groups is 3. The Labute approximate surface area is 251 Å². The first-order valence-corrected chi connectivity index (χ1v) is 14.1. The van der Waals surface area contributed by atoms with Crippen molar-refractivity contribution in [2.45, 2.75) is 12.8 Å². The van der Waals surface area contributed by atoms with Crippen LogP contribution in [0.15, 0.2) is 109 Å². The number of rotatable bonds is 15. The molecule has 0 aliphatic carbocycles. The minimum atomic E-state index is -0.627. The van der Waals surface area contributed by atoms with Crippen LogP contribution >= 0.6 is 0 Å². The van der Waals surface area contributed by atoms with Crippen LogP contribution in [0.3, 0.4) is 0 Å².